The number of ether oxygens (including phenoxy) is 2. The van der Waals surface area contributed by atoms with Crippen LogP contribution < -0.4 is 0 Å². The molecule has 10 heteroatoms. The van der Waals surface area contributed by atoms with E-state index in [4.69, 9.17) is 9.47 Å². The van der Waals surface area contributed by atoms with E-state index in [2.05, 4.69) is 4.90 Å². The molecule has 0 unspecified atom stereocenters. The molecule has 0 aromatic heterocycles. The van der Waals surface area contributed by atoms with Gasteiger partial charge in [-0.25, -0.2) is 12.8 Å². The first-order chi connectivity index (χ1) is 14.4. The van der Waals surface area contributed by atoms with Crippen molar-refractivity contribution in [3.05, 3.63) is 30.1 Å². The second-order valence-electron chi connectivity index (χ2n) is 7.96. The van der Waals surface area contributed by atoms with Crippen molar-refractivity contribution in [3.63, 3.8) is 0 Å². The van der Waals surface area contributed by atoms with E-state index >= 15 is 0 Å². The number of amides is 1. The highest BCUT2D eigenvalue weighted by Crippen LogP contribution is 2.26. The van der Waals surface area contributed by atoms with Crippen LogP contribution in [0, 0.1) is 11.7 Å². The predicted octanol–water partition coefficient (Wildman–Crippen LogP) is 0.744. The lowest BCUT2D eigenvalue weighted by atomic mass is 9.96. The Morgan fingerprint density at radius 1 is 0.967 bits per heavy atom. The molecule has 8 nitrogen and oxygen atoms in total. The number of likely N-dealkylation sites (tertiary alicyclic amines) is 1. The number of piperidine rings is 1. The minimum Gasteiger partial charge on any atom is -0.350 e. The van der Waals surface area contributed by atoms with Crippen LogP contribution in [0.4, 0.5) is 4.39 Å². The topological polar surface area (TPSA) is 79.4 Å². The van der Waals surface area contributed by atoms with E-state index < -0.39 is 15.8 Å². The summed E-state index contributed by atoms with van der Waals surface area (Å²) < 4.78 is 51.0. The van der Waals surface area contributed by atoms with Crippen molar-refractivity contribution in [3.8, 4) is 0 Å². The Morgan fingerprint density at radius 2 is 1.57 bits per heavy atom. The molecule has 3 aliphatic heterocycles. The highest BCUT2D eigenvalue weighted by Gasteiger charge is 2.33. The number of nitrogens with zero attached hydrogens (tertiary/aromatic N) is 3. The van der Waals surface area contributed by atoms with Crippen LogP contribution >= 0.6 is 0 Å². The molecule has 4 rings (SSSR count). The zero-order valence-corrected chi connectivity index (χ0v) is 17.7. The van der Waals surface area contributed by atoms with Gasteiger partial charge in [-0.3, -0.25) is 9.69 Å². The summed E-state index contributed by atoms with van der Waals surface area (Å²) in [6.07, 6.45) is 1.79. The average Bonchev–Trinajstić information content (AvgIpc) is 3.30. The lowest BCUT2D eigenvalue weighted by Gasteiger charge is -2.37. The molecule has 3 heterocycles. The first kappa shape index (κ1) is 21.6. The molecule has 1 amide bonds. The van der Waals surface area contributed by atoms with Gasteiger partial charge in [-0.2, -0.15) is 4.31 Å². The fraction of sp³-hybridized carbons (Fsp3) is 0.650. The summed E-state index contributed by atoms with van der Waals surface area (Å²) >= 11 is 0. The third kappa shape index (κ3) is 4.83. The summed E-state index contributed by atoms with van der Waals surface area (Å²) in [5, 5.41) is 0. The van der Waals surface area contributed by atoms with E-state index in [0.717, 1.165) is 38.1 Å². The Kier molecular flexibility index (Phi) is 6.69. The molecule has 0 spiro atoms. The van der Waals surface area contributed by atoms with Crippen molar-refractivity contribution < 1.29 is 27.1 Å². The van der Waals surface area contributed by atoms with Crippen LogP contribution in [0.25, 0.3) is 0 Å². The highest BCUT2D eigenvalue weighted by atomic mass is 32.2. The monoisotopic (exact) mass is 441 g/mol. The molecular formula is C20H28FN3O5S. The van der Waals surface area contributed by atoms with Crippen molar-refractivity contribution >= 4 is 15.9 Å². The van der Waals surface area contributed by atoms with Crippen molar-refractivity contribution in [2.75, 3.05) is 59.0 Å². The molecule has 1 aromatic rings. The van der Waals surface area contributed by atoms with Gasteiger partial charge in [0.2, 0.25) is 15.9 Å². The van der Waals surface area contributed by atoms with Gasteiger partial charge < -0.3 is 14.4 Å². The number of piperazine rings is 1. The van der Waals surface area contributed by atoms with Crippen LogP contribution in [0.3, 0.4) is 0 Å². The standard InChI is InChI=1S/C20H28FN3O5S/c21-17-1-3-18(4-2-17)30(26,27)24-11-9-23(10-12-24)19(25)15-22-7-5-16(6-8-22)20-28-13-14-29-20/h1-4,16,20H,5-15H2. The number of hydrogen-bond donors (Lipinski definition) is 0. The number of hydrogen-bond acceptors (Lipinski definition) is 6. The molecule has 0 aliphatic carbocycles. The molecule has 0 N–H and O–H groups in total. The van der Waals surface area contributed by atoms with E-state index in [-0.39, 0.29) is 30.2 Å². The fourth-order valence-corrected chi connectivity index (χ4v) is 5.68. The molecule has 3 saturated heterocycles. The molecule has 0 bridgehead atoms. The van der Waals surface area contributed by atoms with Crippen molar-refractivity contribution in [2.24, 2.45) is 5.92 Å². The smallest absolute Gasteiger partial charge is 0.243 e. The number of carbonyl (C=O) groups is 1. The zero-order chi connectivity index (χ0) is 21.1. The van der Waals surface area contributed by atoms with Crippen molar-refractivity contribution in [2.45, 2.75) is 24.0 Å². The normalized spacial score (nSPS) is 23.2. The van der Waals surface area contributed by atoms with Gasteiger partial charge in [0.15, 0.2) is 6.29 Å². The Labute approximate surface area is 176 Å². The lowest BCUT2D eigenvalue weighted by molar-refractivity contribution is -0.135. The number of halogens is 1. The molecule has 1 aromatic carbocycles. The fourth-order valence-electron chi connectivity index (χ4n) is 4.26. The SMILES string of the molecule is O=C(CN1CCC(C2OCCO2)CC1)N1CCN(S(=O)(=O)c2ccc(F)cc2)CC1. The van der Waals surface area contributed by atoms with E-state index in [1.807, 2.05) is 0 Å². The Morgan fingerprint density at radius 3 is 2.17 bits per heavy atom. The summed E-state index contributed by atoms with van der Waals surface area (Å²) in [7, 11) is -3.67. The largest absolute Gasteiger partial charge is 0.350 e. The van der Waals surface area contributed by atoms with Crippen molar-refractivity contribution in [1.29, 1.82) is 0 Å². The second-order valence-corrected chi connectivity index (χ2v) is 9.90. The average molecular weight is 442 g/mol. The maximum atomic E-state index is 13.1. The van der Waals surface area contributed by atoms with E-state index in [1.165, 1.54) is 16.4 Å². The Bertz CT molecular complexity index is 829. The quantitative estimate of drug-likeness (QED) is 0.671. The number of sulfonamides is 1. The number of rotatable bonds is 5. The van der Waals surface area contributed by atoms with Crippen LogP contribution in [0.2, 0.25) is 0 Å². The predicted molar refractivity (Wildman–Crippen MR) is 107 cm³/mol. The number of benzene rings is 1. The first-order valence-electron chi connectivity index (χ1n) is 10.4. The van der Waals surface area contributed by atoms with Gasteiger partial charge in [0, 0.05) is 32.1 Å². The van der Waals surface area contributed by atoms with E-state index in [0.29, 0.717) is 38.8 Å². The van der Waals surface area contributed by atoms with Gasteiger partial charge in [-0.05, 0) is 50.2 Å². The third-order valence-corrected chi connectivity index (χ3v) is 7.98. The summed E-state index contributed by atoms with van der Waals surface area (Å²) in [6, 6.07) is 4.82. The van der Waals surface area contributed by atoms with E-state index in [1.54, 1.807) is 4.90 Å². The third-order valence-electron chi connectivity index (χ3n) is 6.07. The molecule has 0 saturated carbocycles. The molecule has 30 heavy (non-hydrogen) atoms. The van der Waals surface area contributed by atoms with Crippen LogP contribution in [-0.2, 0) is 24.3 Å². The molecule has 0 radical (unpaired) electrons. The Hall–Kier alpha value is -1.59. The molecule has 166 valence electrons. The molecule has 3 fully saturated rings. The summed E-state index contributed by atoms with van der Waals surface area (Å²) in [6.45, 7) is 4.53. The van der Waals surface area contributed by atoms with Gasteiger partial charge in [-0.1, -0.05) is 0 Å². The minimum atomic E-state index is -3.67. The summed E-state index contributed by atoms with van der Waals surface area (Å²) in [5.41, 5.74) is 0. The maximum Gasteiger partial charge on any atom is 0.243 e. The molecule has 3 aliphatic rings. The van der Waals surface area contributed by atoms with Crippen LogP contribution in [0.5, 0.6) is 0 Å². The van der Waals surface area contributed by atoms with Gasteiger partial charge in [0.1, 0.15) is 5.82 Å². The number of carbonyl (C=O) groups excluding carboxylic acids is 1. The van der Waals surface area contributed by atoms with Crippen LogP contribution in [0.15, 0.2) is 29.2 Å². The lowest BCUT2D eigenvalue weighted by Crippen LogP contribution is -2.53. The van der Waals surface area contributed by atoms with Crippen LogP contribution in [-0.4, -0.2) is 93.7 Å². The first-order valence-corrected chi connectivity index (χ1v) is 11.9. The second kappa shape index (κ2) is 9.27. The van der Waals surface area contributed by atoms with Gasteiger partial charge in [0.25, 0.3) is 0 Å². The summed E-state index contributed by atoms with van der Waals surface area (Å²) in [5.74, 6) is -0.0589. The minimum absolute atomic E-state index is 0.0284. The Balaban J connectivity index is 1.24. The van der Waals surface area contributed by atoms with Gasteiger partial charge in [-0.15, -0.1) is 0 Å². The summed E-state index contributed by atoms with van der Waals surface area (Å²) in [4.78, 5) is 16.6. The van der Waals surface area contributed by atoms with Gasteiger partial charge >= 0.3 is 0 Å². The highest BCUT2D eigenvalue weighted by molar-refractivity contribution is 7.89. The van der Waals surface area contributed by atoms with Gasteiger partial charge in [0.05, 0.1) is 24.7 Å². The zero-order valence-electron chi connectivity index (χ0n) is 16.9. The van der Waals surface area contributed by atoms with Crippen molar-refractivity contribution in [1.82, 2.24) is 14.1 Å². The molecule has 0 atom stereocenters. The van der Waals surface area contributed by atoms with Crippen LogP contribution in [0.1, 0.15) is 12.8 Å². The van der Waals surface area contributed by atoms with E-state index in [9.17, 15) is 17.6 Å². The molecular weight excluding hydrogens is 413 g/mol. The maximum absolute atomic E-state index is 13.1.